The van der Waals surface area contributed by atoms with Crippen molar-refractivity contribution in [2.75, 3.05) is 5.32 Å². The molecular weight excluding hydrogens is 264 g/mol. The van der Waals surface area contributed by atoms with Gasteiger partial charge in [-0.2, -0.15) is 5.26 Å². The van der Waals surface area contributed by atoms with Gasteiger partial charge in [-0.15, -0.1) is 0 Å². The van der Waals surface area contributed by atoms with Crippen molar-refractivity contribution >= 4 is 17.5 Å². The number of nitrogens with zero attached hydrogens (tertiary/aromatic N) is 3. The fourth-order valence-electron chi connectivity index (χ4n) is 1.62. The number of carboxylic acids is 1. The fourth-order valence-corrected chi connectivity index (χ4v) is 1.62. The molecule has 1 aromatic rings. The van der Waals surface area contributed by atoms with Crippen LogP contribution in [0.15, 0.2) is 12.3 Å². The number of carbonyl (C=O) groups is 1. The Bertz CT molecular complexity index is 565. The molecule has 0 amide bonds. The Morgan fingerprint density at radius 3 is 2.75 bits per heavy atom. The van der Waals surface area contributed by atoms with Gasteiger partial charge in [-0.1, -0.05) is 13.8 Å². The SMILES string of the molecule is CC(C)CC(Nc1ncc(C#N)cc1[N+](=O)[O-])C(=O)O. The Balaban J connectivity index is 3.09. The molecule has 106 valence electrons. The number of aromatic nitrogens is 1. The van der Waals surface area contributed by atoms with Crippen LogP contribution in [0.3, 0.4) is 0 Å². The minimum atomic E-state index is -1.11. The molecule has 0 aliphatic carbocycles. The van der Waals surface area contributed by atoms with E-state index < -0.39 is 22.6 Å². The first-order chi connectivity index (χ1) is 9.35. The van der Waals surface area contributed by atoms with Crippen molar-refractivity contribution in [1.82, 2.24) is 4.98 Å². The largest absolute Gasteiger partial charge is 0.480 e. The first kappa shape index (κ1) is 15.4. The van der Waals surface area contributed by atoms with E-state index in [1.807, 2.05) is 13.8 Å². The van der Waals surface area contributed by atoms with Crippen LogP contribution in [0.4, 0.5) is 11.5 Å². The van der Waals surface area contributed by atoms with Gasteiger partial charge < -0.3 is 10.4 Å². The highest BCUT2D eigenvalue weighted by Gasteiger charge is 2.24. The van der Waals surface area contributed by atoms with Gasteiger partial charge in [-0.25, -0.2) is 9.78 Å². The van der Waals surface area contributed by atoms with Gasteiger partial charge in [-0.05, 0) is 12.3 Å². The molecular formula is C12H14N4O4. The Labute approximate surface area is 115 Å². The zero-order valence-electron chi connectivity index (χ0n) is 11.0. The standard InChI is InChI=1S/C12H14N4O4/c1-7(2)3-9(12(17)18)15-11-10(16(19)20)4-8(5-13)6-14-11/h4,6-7,9H,3H2,1-2H3,(H,14,15)(H,17,18). The van der Waals surface area contributed by atoms with Gasteiger partial charge in [0.2, 0.25) is 5.82 Å². The van der Waals surface area contributed by atoms with Gasteiger partial charge in [0.25, 0.3) is 0 Å². The summed E-state index contributed by atoms with van der Waals surface area (Å²) in [4.78, 5) is 25.1. The topological polar surface area (TPSA) is 129 Å². The summed E-state index contributed by atoms with van der Waals surface area (Å²) >= 11 is 0. The van der Waals surface area contributed by atoms with Crippen LogP contribution in [-0.4, -0.2) is 27.0 Å². The molecule has 8 heteroatoms. The lowest BCUT2D eigenvalue weighted by atomic mass is 10.0. The van der Waals surface area contributed by atoms with Crippen molar-refractivity contribution in [1.29, 1.82) is 5.26 Å². The highest BCUT2D eigenvalue weighted by molar-refractivity contribution is 5.78. The predicted octanol–water partition coefficient (Wildman–Crippen LogP) is 1.77. The zero-order chi connectivity index (χ0) is 15.3. The predicted molar refractivity (Wildman–Crippen MR) is 70.1 cm³/mol. The number of nitriles is 1. The lowest BCUT2D eigenvalue weighted by molar-refractivity contribution is -0.384. The minimum absolute atomic E-state index is 0.0398. The third-order valence-electron chi connectivity index (χ3n) is 2.51. The number of pyridine rings is 1. The maximum Gasteiger partial charge on any atom is 0.326 e. The van der Waals surface area contributed by atoms with Crippen LogP contribution in [0.5, 0.6) is 0 Å². The molecule has 1 heterocycles. The summed E-state index contributed by atoms with van der Waals surface area (Å²) in [5.41, 5.74) is -0.378. The molecule has 8 nitrogen and oxygen atoms in total. The van der Waals surface area contributed by atoms with Gasteiger partial charge in [0, 0.05) is 12.3 Å². The molecule has 0 spiro atoms. The first-order valence-corrected chi connectivity index (χ1v) is 5.89. The third kappa shape index (κ3) is 3.91. The van der Waals surface area contributed by atoms with Crippen molar-refractivity contribution in [2.45, 2.75) is 26.3 Å². The molecule has 0 aromatic carbocycles. The number of anilines is 1. The van der Waals surface area contributed by atoms with E-state index in [4.69, 9.17) is 10.4 Å². The molecule has 1 rings (SSSR count). The maximum atomic E-state index is 11.1. The first-order valence-electron chi connectivity index (χ1n) is 5.89. The van der Waals surface area contributed by atoms with E-state index >= 15 is 0 Å². The Morgan fingerprint density at radius 1 is 1.65 bits per heavy atom. The van der Waals surface area contributed by atoms with E-state index in [0.717, 1.165) is 12.3 Å². The van der Waals surface area contributed by atoms with Crippen LogP contribution >= 0.6 is 0 Å². The molecule has 0 aliphatic rings. The summed E-state index contributed by atoms with van der Waals surface area (Å²) in [6, 6.07) is 1.83. The van der Waals surface area contributed by atoms with Gasteiger partial charge in [-0.3, -0.25) is 10.1 Å². The molecule has 0 radical (unpaired) electrons. The van der Waals surface area contributed by atoms with Crippen LogP contribution < -0.4 is 5.32 Å². The normalized spacial score (nSPS) is 11.7. The monoisotopic (exact) mass is 278 g/mol. The average Bonchev–Trinajstić information content (AvgIpc) is 2.37. The number of rotatable bonds is 6. The number of nitro groups is 1. The Morgan fingerprint density at radius 2 is 2.30 bits per heavy atom. The second-order valence-electron chi connectivity index (χ2n) is 4.63. The van der Waals surface area contributed by atoms with Crippen molar-refractivity contribution in [3.63, 3.8) is 0 Å². The number of carboxylic acid groups (broad SMARTS) is 1. The smallest absolute Gasteiger partial charge is 0.326 e. The van der Waals surface area contributed by atoms with Crippen LogP contribution in [-0.2, 0) is 4.79 Å². The van der Waals surface area contributed by atoms with Crippen LogP contribution in [0.2, 0.25) is 0 Å². The number of hydrogen-bond acceptors (Lipinski definition) is 6. The second kappa shape index (κ2) is 6.47. The van der Waals surface area contributed by atoms with Gasteiger partial charge in [0.1, 0.15) is 12.1 Å². The molecule has 0 aliphatic heterocycles. The molecule has 0 saturated heterocycles. The summed E-state index contributed by atoms with van der Waals surface area (Å²) < 4.78 is 0. The molecule has 1 unspecified atom stereocenters. The molecule has 20 heavy (non-hydrogen) atoms. The van der Waals surface area contributed by atoms with E-state index in [-0.39, 0.29) is 17.3 Å². The summed E-state index contributed by atoms with van der Waals surface area (Å²) in [5.74, 6) is -1.16. The number of aliphatic carboxylic acids is 1. The van der Waals surface area contributed by atoms with Crippen LogP contribution in [0.25, 0.3) is 0 Å². The van der Waals surface area contributed by atoms with Crippen LogP contribution in [0, 0.1) is 27.4 Å². The molecule has 1 atom stereocenters. The summed E-state index contributed by atoms with van der Waals surface area (Å²) in [6.07, 6.45) is 1.46. The Kier molecular flexibility index (Phi) is 4.97. The third-order valence-corrected chi connectivity index (χ3v) is 2.51. The minimum Gasteiger partial charge on any atom is -0.480 e. The van der Waals surface area contributed by atoms with E-state index in [2.05, 4.69) is 10.3 Å². The van der Waals surface area contributed by atoms with Gasteiger partial charge in [0.05, 0.1) is 10.5 Å². The molecule has 1 aromatic heterocycles. The van der Waals surface area contributed by atoms with Gasteiger partial charge >= 0.3 is 11.7 Å². The van der Waals surface area contributed by atoms with Crippen LogP contribution in [0.1, 0.15) is 25.8 Å². The second-order valence-corrected chi connectivity index (χ2v) is 4.63. The zero-order valence-corrected chi connectivity index (χ0v) is 11.0. The van der Waals surface area contributed by atoms with Crippen molar-refractivity contribution in [2.24, 2.45) is 5.92 Å². The van der Waals surface area contributed by atoms with Crippen molar-refractivity contribution < 1.29 is 14.8 Å². The van der Waals surface area contributed by atoms with Crippen molar-refractivity contribution in [3.05, 3.63) is 27.9 Å². The average molecular weight is 278 g/mol. The van der Waals surface area contributed by atoms with E-state index in [1.54, 1.807) is 6.07 Å². The maximum absolute atomic E-state index is 11.1. The number of hydrogen-bond donors (Lipinski definition) is 2. The summed E-state index contributed by atoms with van der Waals surface area (Å²) in [5, 5.41) is 31.3. The highest BCUT2D eigenvalue weighted by atomic mass is 16.6. The molecule has 0 bridgehead atoms. The fraction of sp³-hybridized carbons (Fsp3) is 0.417. The van der Waals surface area contributed by atoms with E-state index in [1.165, 1.54) is 0 Å². The number of nitrogens with one attached hydrogen (secondary N) is 1. The Hall–Kier alpha value is -2.69. The van der Waals surface area contributed by atoms with E-state index in [9.17, 15) is 14.9 Å². The van der Waals surface area contributed by atoms with E-state index in [0.29, 0.717) is 6.42 Å². The summed E-state index contributed by atoms with van der Waals surface area (Å²) in [7, 11) is 0. The molecule has 0 fully saturated rings. The van der Waals surface area contributed by atoms with Crippen molar-refractivity contribution in [3.8, 4) is 6.07 Å². The molecule has 2 N–H and O–H groups in total. The highest BCUT2D eigenvalue weighted by Crippen LogP contribution is 2.24. The quantitative estimate of drug-likeness (QED) is 0.599. The summed E-state index contributed by atoms with van der Waals surface area (Å²) in [6.45, 7) is 3.69. The molecule has 0 saturated carbocycles. The lowest BCUT2D eigenvalue weighted by Crippen LogP contribution is -2.31. The van der Waals surface area contributed by atoms with Gasteiger partial charge in [0.15, 0.2) is 0 Å². The lowest BCUT2D eigenvalue weighted by Gasteiger charge is -2.16.